The van der Waals surface area contributed by atoms with E-state index in [4.69, 9.17) is 9.47 Å². The Morgan fingerprint density at radius 1 is 1.06 bits per heavy atom. The highest BCUT2D eigenvalue weighted by atomic mass is 32.2. The molecular weight excluding hydrogens is 474 g/mol. The molecule has 1 heterocycles. The minimum atomic E-state index is -3.56. The lowest BCUT2D eigenvalue weighted by atomic mass is 10.3. The van der Waals surface area contributed by atoms with Gasteiger partial charge in [-0.15, -0.1) is 0 Å². The van der Waals surface area contributed by atoms with Crippen LogP contribution in [0.1, 0.15) is 25.7 Å². The highest BCUT2D eigenvalue weighted by Gasteiger charge is 2.37. The maximum absolute atomic E-state index is 12.0. The maximum atomic E-state index is 12.0. The van der Waals surface area contributed by atoms with Crippen molar-refractivity contribution in [2.24, 2.45) is 0 Å². The van der Waals surface area contributed by atoms with Gasteiger partial charge in [0, 0.05) is 52.1 Å². The molecule has 4 N–H and O–H groups in total. The van der Waals surface area contributed by atoms with Crippen LogP contribution >= 0.6 is 11.8 Å². The summed E-state index contributed by atoms with van der Waals surface area (Å²) in [6, 6.07) is 0.120. The first kappa shape index (κ1) is 29.5. The third-order valence-corrected chi connectivity index (χ3v) is 7.39. The van der Waals surface area contributed by atoms with E-state index in [0.29, 0.717) is 32.7 Å². The van der Waals surface area contributed by atoms with Crippen LogP contribution in [0.25, 0.3) is 0 Å². The predicted octanol–water partition coefficient (Wildman–Crippen LogP) is -1.52. The van der Waals surface area contributed by atoms with Gasteiger partial charge in [0.2, 0.25) is 23.6 Å². The summed E-state index contributed by atoms with van der Waals surface area (Å²) in [6.45, 7) is 1.83. The Balaban J connectivity index is 1.93. The summed E-state index contributed by atoms with van der Waals surface area (Å²) in [5, 5.41) is 4.98. The number of nitrogens with zero attached hydrogens (tertiary/aromatic N) is 1. The van der Waals surface area contributed by atoms with Crippen molar-refractivity contribution in [1.29, 1.82) is 0 Å². The minimum absolute atomic E-state index is 0.0545. The molecule has 14 heteroatoms. The van der Waals surface area contributed by atoms with E-state index in [-0.39, 0.29) is 73.9 Å². The second-order valence-electron chi connectivity index (χ2n) is 7.29. The molecule has 1 aliphatic rings. The Morgan fingerprint density at radius 2 is 1.70 bits per heavy atom. The number of imide groups is 1. The van der Waals surface area contributed by atoms with Gasteiger partial charge in [-0.2, -0.15) is 11.8 Å². The zero-order valence-corrected chi connectivity index (χ0v) is 21.0. The van der Waals surface area contributed by atoms with Crippen molar-refractivity contribution < 1.29 is 42.7 Å². The van der Waals surface area contributed by atoms with Crippen LogP contribution in [-0.2, 0) is 33.1 Å². The Kier molecular flexibility index (Phi) is 14.4. The molecule has 12 nitrogen and oxygen atoms in total. The normalized spacial score (nSPS) is 16.4. The second kappa shape index (κ2) is 16.1. The van der Waals surface area contributed by atoms with Crippen molar-refractivity contribution in [2.45, 2.75) is 37.0 Å². The molecule has 1 aliphatic heterocycles. The van der Waals surface area contributed by atoms with Crippen molar-refractivity contribution in [2.75, 3.05) is 59.4 Å². The number of thioether (sulfide) groups is 1. The van der Waals surface area contributed by atoms with E-state index in [1.54, 1.807) is 6.26 Å². The van der Waals surface area contributed by atoms with Crippen LogP contribution in [-0.4, -0.2) is 112 Å². The van der Waals surface area contributed by atoms with Gasteiger partial charge in [-0.05, 0) is 12.7 Å². The smallest absolute Gasteiger partial charge is 0.390 e. The van der Waals surface area contributed by atoms with Crippen molar-refractivity contribution in [3.05, 3.63) is 0 Å². The minimum Gasteiger partial charge on any atom is -0.390 e. The second-order valence-corrected chi connectivity index (χ2v) is 10.7. The number of nitrogens with one attached hydrogen (secondary N) is 2. The fourth-order valence-corrected chi connectivity index (χ4v) is 4.34. The number of carbonyl (C=O) groups is 4. The Labute approximate surface area is 199 Å². The average molecular weight is 510 g/mol. The first-order valence-electron chi connectivity index (χ1n) is 10.8. The molecule has 0 bridgehead atoms. The first-order chi connectivity index (χ1) is 15.7. The summed E-state index contributed by atoms with van der Waals surface area (Å²) in [5.41, 5.74) is 0. The highest BCUT2D eigenvalue weighted by Crippen LogP contribution is 2.22. The molecule has 1 rings (SSSR count). The number of rotatable bonds is 18. The molecule has 0 aromatic rings. The molecule has 0 aliphatic carbocycles. The molecule has 0 aromatic carbocycles. The zero-order valence-electron chi connectivity index (χ0n) is 19.2. The zero-order chi connectivity index (χ0) is 24.7. The van der Waals surface area contributed by atoms with Gasteiger partial charge < -0.3 is 34.1 Å². The van der Waals surface area contributed by atoms with Crippen LogP contribution in [0, 0.1) is 0 Å². The number of carbonyl (C=O) groups excluding carboxylic acids is 4. The fourth-order valence-electron chi connectivity index (χ4n) is 2.86. The Hall–Kier alpha value is -1.55. The van der Waals surface area contributed by atoms with Crippen LogP contribution < -0.4 is 10.6 Å². The standard InChI is InChI=1S/C19H35N3O9SSi/c1-29-33(27,28)13-3-6-20-17(24)5-9-30-11-12-31-10-7-21-16(23)4-8-22-18(25)14-15(32-2)19(22)26/h15,27-28H,3-14H2,1-2H3,(H,20,24)(H,21,23). The number of likely N-dealkylation sites (tertiary alicyclic amines) is 1. The van der Waals surface area contributed by atoms with Gasteiger partial charge in [0.25, 0.3) is 0 Å². The molecule has 0 spiro atoms. The maximum Gasteiger partial charge on any atom is 0.495 e. The van der Waals surface area contributed by atoms with Gasteiger partial charge in [0.15, 0.2) is 0 Å². The molecule has 0 saturated carbocycles. The quantitative estimate of drug-likeness (QED) is 0.0969. The number of amides is 4. The van der Waals surface area contributed by atoms with Crippen LogP contribution in [0.15, 0.2) is 0 Å². The monoisotopic (exact) mass is 509 g/mol. The fraction of sp³-hybridized carbons (Fsp3) is 0.789. The van der Waals surface area contributed by atoms with Crippen LogP contribution in [0.3, 0.4) is 0 Å². The summed E-state index contributed by atoms with van der Waals surface area (Å²) >= 11 is 1.34. The number of ether oxygens (including phenoxy) is 2. The SMILES string of the molecule is CO[Si](O)(O)CCCNC(=O)CCOCCOCCNC(=O)CCN1C(=O)CC(SC)C1=O. The average Bonchev–Trinajstić information content (AvgIpc) is 3.06. The lowest BCUT2D eigenvalue weighted by molar-refractivity contribution is -0.138. The molecular formula is C19H35N3O9SSi. The van der Waals surface area contributed by atoms with Gasteiger partial charge in [0.1, 0.15) is 0 Å². The van der Waals surface area contributed by atoms with E-state index in [2.05, 4.69) is 15.1 Å². The van der Waals surface area contributed by atoms with Crippen molar-refractivity contribution in [1.82, 2.24) is 15.5 Å². The van der Waals surface area contributed by atoms with E-state index in [1.807, 2.05) is 0 Å². The predicted molar refractivity (Wildman–Crippen MR) is 122 cm³/mol. The van der Waals surface area contributed by atoms with Crippen LogP contribution in [0.2, 0.25) is 6.04 Å². The molecule has 1 fully saturated rings. The molecule has 4 amide bonds. The summed E-state index contributed by atoms with van der Waals surface area (Å²) in [6.07, 6.45) is 2.62. The molecule has 0 aromatic heterocycles. The van der Waals surface area contributed by atoms with Crippen molar-refractivity contribution in [3.63, 3.8) is 0 Å². The van der Waals surface area contributed by atoms with Crippen molar-refractivity contribution >= 4 is 44.2 Å². The highest BCUT2D eigenvalue weighted by molar-refractivity contribution is 8.00. The summed E-state index contributed by atoms with van der Waals surface area (Å²) in [4.78, 5) is 67.2. The van der Waals surface area contributed by atoms with Gasteiger partial charge in [0.05, 0.1) is 31.7 Å². The first-order valence-corrected chi connectivity index (χ1v) is 14.1. The van der Waals surface area contributed by atoms with Crippen LogP contribution in [0.4, 0.5) is 0 Å². The molecule has 33 heavy (non-hydrogen) atoms. The van der Waals surface area contributed by atoms with E-state index >= 15 is 0 Å². The molecule has 0 radical (unpaired) electrons. The topological polar surface area (TPSA) is 164 Å². The van der Waals surface area contributed by atoms with Crippen molar-refractivity contribution in [3.8, 4) is 0 Å². The molecule has 1 atom stereocenters. The Morgan fingerprint density at radius 3 is 2.33 bits per heavy atom. The summed E-state index contributed by atoms with van der Waals surface area (Å²) in [7, 11) is -2.32. The van der Waals surface area contributed by atoms with E-state index in [9.17, 15) is 28.8 Å². The van der Waals surface area contributed by atoms with E-state index in [0.717, 1.165) is 4.90 Å². The molecule has 190 valence electrons. The largest absolute Gasteiger partial charge is 0.495 e. The van der Waals surface area contributed by atoms with Gasteiger partial charge in [-0.25, -0.2) is 0 Å². The number of hydrogen-bond acceptors (Lipinski definition) is 10. The summed E-state index contributed by atoms with van der Waals surface area (Å²) in [5.74, 6) is -0.928. The van der Waals surface area contributed by atoms with E-state index < -0.39 is 8.80 Å². The molecule has 1 saturated heterocycles. The van der Waals surface area contributed by atoms with Crippen LogP contribution in [0.5, 0.6) is 0 Å². The Bertz CT molecular complexity index is 654. The van der Waals surface area contributed by atoms with Gasteiger partial charge >= 0.3 is 8.80 Å². The van der Waals surface area contributed by atoms with Gasteiger partial charge in [-0.3, -0.25) is 24.1 Å². The van der Waals surface area contributed by atoms with Gasteiger partial charge in [-0.1, -0.05) is 0 Å². The lowest BCUT2D eigenvalue weighted by Gasteiger charge is -2.14. The summed E-state index contributed by atoms with van der Waals surface area (Å²) < 4.78 is 15.2. The molecule has 1 unspecified atom stereocenters. The third kappa shape index (κ3) is 12.5. The lowest BCUT2D eigenvalue weighted by Crippen LogP contribution is -2.38. The third-order valence-electron chi connectivity index (χ3n) is 4.79. The van der Waals surface area contributed by atoms with E-state index in [1.165, 1.54) is 18.9 Å². The number of hydrogen-bond donors (Lipinski definition) is 4.